The maximum atomic E-state index is 5.84. The maximum Gasteiger partial charge on any atom is 0.641 e. The van der Waals surface area contributed by atoms with Crippen LogP contribution in [0.4, 0.5) is 0 Å². The molecule has 0 fully saturated rings. The second-order valence-electron chi connectivity index (χ2n) is 4.88. The fourth-order valence-corrected chi connectivity index (χ4v) is 3.45. The van der Waals surface area contributed by atoms with Gasteiger partial charge in [0.15, 0.2) is 0 Å². The number of unbranched alkanes of at least 4 members (excludes halogenated alkanes) is 2. The van der Waals surface area contributed by atoms with Gasteiger partial charge < -0.3 is 14.0 Å². The summed E-state index contributed by atoms with van der Waals surface area (Å²) in [5, 5.41) is 0. The summed E-state index contributed by atoms with van der Waals surface area (Å²) in [5.41, 5.74) is -0.0985. The molecule has 7 heteroatoms. The van der Waals surface area contributed by atoms with E-state index in [0.717, 1.165) is 11.5 Å². The third-order valence-electron chi connectivity index (χ3n) is 2.61. The molecule has 0 aromatic carbocycles. The molecule has 0 saturated heterocycles. The minimum absolute atomic E-state index is 0.0569. The SMILES string of the molecule is CCCCSC(C)OB(OC(C)S)OC(C)SCCCC. The van der Waals surface area contributed by atoms with Gasteiger partial charge in [-0.05, 0) is 45.1 Å². The molecular weight excluding hydrogens is 323 g/mol. The van der Waals surface area contributed by atoms with Gasteiger partial charge in [-0.3, -0.25) is 0 Å². The average molecular weight is 354 g/mol. The van der Waals surface area contributed by atoms with E-state index in [1.54, 1.807) is 23.5 Å². The Morgan fingerprint density at radius 3 is 1.62 bits per heavy atom. The van der Waals surface area contributed by atoms with Crippen molar-refractivity contribution in [2.45, 2.75) is 76.6 Å². The summed E-state index contributed by atoms with van der Waals surface area (Å²) >= 11 is 7.84. The van der Waals surface area contributed by atoms with Crippen LogP contribution in [0.2, 0.25) is 0 Å². The largest absolute Gasteiger partial charge is 0.641 e. The highest BCUT2D eigenvalue weighted by molar-refractivity contribution is 8.00. The Balaban J connectivity index is 4.11. The predicted octanol–water partition coefficient (Wildman–Crippen LogP) is 5.06. The van der Waals surface area contributed by atoms with E-state index in [2.05, 4.69) is 26.5 Å². The Morgan fingerprint density at radius 2 is 1.29 bits per heavy atom. The lowest BCUT2D eigenvalue weighted by molar-refractivity contribution is 0.0814. The van der Waals surface area contributed by atoms with E-state index in [0.29, 0.717) is 0 Å². The molecule has 3 atom stereocenters. The number of thiol groups is 1. The highest BCUT2D eigenvalue weighted by atomic mass is 32.2. The lowest BCUT2D eigenvalue weighted by atomic mass is 10.2. The molecule has 0 amide bonds. The molecule has 0 N–H and O–H groups in total. The van der Waals surface area contributed by atoms with Crippen LogP contribution in [0.25, 0.3) is 0 Å². The van der Waals surface area contributed by atoms with Crippen LogP contribution in [-0.2, 0) is 14.0 Å². The van der Waals surface area contributed by atoms with Gasteiger partial charge >= 0.3 is 7.32 Å². The summed E-state index contributed by atoms with van der Waals surface area (Å²) < 4.78 is 17.3. The molecule has 0 aromatic heterocycles. The third-order valence-corrected chi connectivity index (χ3v) is 4.95. The second-order valence-corrected chi connectivity index (χ2v) is 8.42. The van der Waals surface area contributed by atoms with Crippen molar-refractivity contribution in [3.63, 3.8) is 0 Å². The van der Waals surface area contributed by atoms with E-state index in [4.69, 9.17) is 14.0 Å². The van der Waals surface area contributed by atoms with E-state index in [-0.39, 0.29) is 16.3 Å². The average Bonchev–Trinajstić information content (AvgIpc) is 2.38. The van der Waals surface area contributed by atoms with Crippen molar-refractivity contribution >= 4 is 43.5 Å². The van der Waals surface area contributed by atoms with E-state index >= 15 is 0 Å². The van der Waals surface area contributed by atoms with Gasteiger partial charge in [-0.15, -0.1) is 36.2 Å². The molecule has 0 aliphatic heterocycles. The summed E-state index contributed by atoms with van der Waals surface area (Å²) in [4.78, 5) is 0. The quantitative estimate of drug-likeness (QED) is 0.204. The van der Waals surface area contributed by atoms with Gasteiger partial charge in [0.2, 0.25) is 0 Å². The molecular formula is C14H31BO3S3. The lowest BCUT2D eigenvalue weighted by Gasteiger charge is -2.23. The normalized spacial score (nSPS) is 15.7. The zero-order valence-electron chi connectivity index (χ0n) is 14.0. The van der Waals surface area contributed by atoms with Crippen molar-refractivity contribution in [1.82, 2.24) is 0 Å². The van der Waals surface area contributed by atoms with Crippen molar-refractivity contribution in [3.8, 4) is 0 Å². The van der Waals surface area contributed by atoms with Gasteiger partial charge in [0.05, 0.1) is 16.3 Å². The molecule has 0 saturated carbocycles. The Morgan fingerprint density at radius 1 is 0.857 bits per heavy atom. The Labute approximate surface area is 145 Å². The van der Waals surface area contributed by atoms with Gasteiger partial charge in [-0.1, -0.05) is 26.7 Å². The molecule has 0 spiro atoms. The first kappa shape index (κ1) is 22.0. The fraction of sp³-hybridized carbons (Fsp3) is 1.00. The monoisotopic (exact) mass is 354 g/mol. The van der Waals surface area contributed by atoms with Crippen LogP contribution in [0.3, 0.4) is 0 Å². The van der Waals surface area contributed by atoms with Crippen molar-refractivity contribution in [3.05, 3.63) is 0 Å². The van der Waals surface area contributed by atoms with Gasteiger partial charge in [-0.2, -0.15) is 0 Å². The summed E-state index contributed by atoms with van der Waals surface area (Å²) in [7, 11) is -0.647. The van der Waals surface area contributed by atoms with Crippen molar-refractivity contribution in [1.29, 1.82) is 0 Å². The van der Waals surface area contributed by atoms with Gasteiger partial charge in [0.25, 0.3) is 0 Å². The van der Waals surface area contributed by atoms with Crippen LogP contribution in [0.5, 0.6) is 0 Å². The lowest BCUT2D eigenvalue weighted by Crippen LogP contribution is -2.34. The third kappa shape index (κ3) is 14.3. The molecule has 0 bridgehead atoms. The zero-order valence-corrected chi connectivity index (χ0v) is 16.6. The van der Waals surface area contributed by atoms with Crippen LogP contribution >= 0.6 is 36.2 Å². The smallest absolute Gasteiger partial charge is 0.374 e. The van der Waals surface area contributed by atoms with Crippen LogP contribution in [0.1, 0.15) is 60.3 Å². The number of hydrogen-bond acceptors (Lipinski definition) is 6. The van der Waals surface area contributed by atoms with E-state index in [1.807, 2.05) is 20.8 Å². The summed E-state index contributed by atoms with van der Waals surface area (Å²) in [5.74, 6) is 2.20. The predicted molar refractivity (Wildman–Crippen MR) is 101 cm³/mol. The highest BCUT2D eigenvalue weighted by Gasteiger charge is 2.28. The number of thioether (sulfide) groups is 2. The molecule has 3 unspecified atom stereocenters. The van der Waals surface area contributed by atoms with E-state index in [1.165, 1.54) is 25.7 Å². The number of rotatable bonds is 14. The maximum absolute atomic E-state index is 5.84. The van der Waals surface area contributed by atoms with Gasteiger partial charge in [0, 0.05) is 0 Å². The first-order valence-electron chi connectivity index (χ1n) is 7.87. The number of hydrogen-bond donors (Lipinski definition) is 1. The first-order chi connectivity index (χ1) is 9.99. The summed E-state index contributed by atoms with van der Waals surface area (Å²) in [6.07, 6.45) is 4.82. The molecule has 0 radical (unpaired) electrons. The molecule has 0 rings (SSSR count). The van der Waals surface area contributed by atoms with E-state index in [9.17, 15) is 0 Å². The minimum Gasteiger partial charge on any atom is -0.374 e. The van der Waals surface area contributed by atoms with Crippen molar-refractivity contribution < 1.29 is 14.0 Å². The van der Waals surface area contributed by atoms with Crippen LogP contribution < -0.4 is 0 Å². The molecule has 0 aromatic rings. The molecule has 0 heterocycles. The highest BCUT2D eigenvalue weighted by Crippen LogP contribution is 2.20. The standard InChI is InChI=1S/C14H31BO3S3/c1-6-8-10-20-13(4)17-15(16-12(3)19)18-14(5)21-11-9-7-2/h12-14,19H,6-11H2,1-5H3. The fourth-order valence-electron chi connectivity index (χ4n) is 1.44. The van der Waals surface area contributed by atoms with Gasteiger partial charge in [-0.25, -0.2) is 0 Å². The molecule has 0 aliphatic carbocycles. The zero-order chi connectivity index (χ0) is 16.1. The van der Waals surface area contributed by atoms with Gasteiger partial charge in [0.1, 0.15) is 0 Å². The second kappa shape index (κ2) is 14.6. The Kier molecular flexibility index (Phi) is 15.3. The Bertz CT molecular complexity index is 218. The summed E-state index contributed by atoms with van der Waals surface area (Å²) in [6.45, 7) is 10.3. The van der Waals surface area contributed by atoms with Crippen LogP contribution in [0, 0.1) is 0 Å². The van der Waals surface area contributed by atoms with Crippen LogP contribution in [0.15, 0.2) is 0 Å². The van der Waals surface area contributed by atoms with Crippen LogP contribution in [-0.4, -0.2) is 35.1 Å². The minimum atomic E-state index is -0.647. The molecule has 0 aliphatic rings. The first-order valence-corrected chi connectivity index (χ1v) is 10.5. The molecule has 21 heavy (non-hydrogen) atoms. The Hall–Kier alpha value is 0.995. The summed E-state index contributed by atoms with van der Waals surface area (Å²) in [6, 6.07) is 0. The van der Waals surface area contributed by atoms with E-state index < -0.39 is 7.32 Å². The topological polar surface area (TPSA) is 27.7 Å². The van der Waals surface area contributed by atoms with Crippen molar-refractivity contribution in [2.24, 2.45) is 0 Å². The van der Waals surface area contributed by atoms with Crippen molar-refractivity contribution in [2.75, 3.05) is 11.5 Å². The molecule has 126 valence electrons. The molecule has 3 nitrogen and oxygen atoms in total.